The summed E-state index contributed by atoms with van der Waals surface area (Å²) in [5.74, 6) is 1.52. The fourth-order valence-electron chi connectivity index (χ4n) is 2.74. The molecule has 5 nitrogen and oxygen atoms in total. The van der Waals surface area contributed by atoms with Crippen molar-refractivity contribution in [2.75, 3.05) is 7.11 Å². The predicted octanol–water partition coefficient (Wildman–Crippen LogP) is 3.91. The number of hydrogen-bond donors (Lipinski definition) is 0. The average molecular weight is 325 g/mol. The van der Waals surface area contributed by atoms with Gasteiger partial charge in [0.25, 0.3) is 0 Å². The Bertz CT molecular complexity index is 1040. The Morgan fingerprint density at radius 1 is 1.09 bits per heavy atom. The molecule has 0 saturated carbocycles. The molecule has 2 aromatic heterocycles. The van der Waals surface area contributed by atoms with Crippen molar-refractivity contribution >= 4 is 28.3 Å². The molecule has 6 heteroatoms. The van der Waals surface area contributed by atoms with Gasteiger partial charge in [-0.25, -0.2) is 4.98 Å². The summed E-state index contributed by atoms with van der Waals surface area (Å²) in [4.78, 5) is 4.69. The zero-order valence-corrected chi connectivity index (χ0v) is 13.4. The first-order valence-electron chi connectivity index (χ1n) is 7.13. The molecule has 0 amide bonds. The lowest BCUT2D eigenvalue weighted by Crippen LogP contribution is -1.98. The maximum atomic E-state index is 6.18. The SMILES string of the molecule is COc1ccccc1-c1nc(C)c2nnc3ccc(Cl)cc3n12. The summed E-state index contributed by atoms with van der Waals surface area (Å²) in [6.07, 6.45) is 0. The van der Waals surface area contributed by atoms with E-state index < -0.39 is 0 Å². The van der Waals surface area contributed by atoms with Gasteiger partial charge in [-0.15, -0.1) is 10.2 Å². The Labute approximate surface area is 137 Å². The quantitative estimate of drug-likeness (QED) is 0.561. The van der Waals surface area contributed by atoms with Gasteiger partial charge in [0.2, 0.25) is 0 Å². The van der Waals surface area contributed by atoms with Gasteiger partial charge < -0.3 is 4.74 Å². The molecular formula is C17H13ClN4O. The summed E-state index contributed by atoms with van der Waals surface area (Å²) in [5.41, 5.74) is 4.03. The van der Waals surface area contributed by atoms with Crippen LogP contribution in [-0.4, -0.2) is 26.7 Å². The Balaban J connectivity index is 2.17. The molecule has 2 heterocycles. The third-order valence-electron chi connectivity index (χ3n) is 3.80. The number of aromatic nitrogens is 4. The van der Waals surface area contributed by atoms with E-state index in [9.17, 15) is 0 Å². The highest BCUT2D eigenvalue weighted by molar-refractivity contribution is 6.31. The van der Waals surface area contributed by atoms with Crippen molar-refractivity contribution in [3.8, 4) is 17.1 Å². The molecule has 0 atom stereocenters. The molecule has 0 unspecified atom stereocenters. The molecule has 0 saturated heterocycles. The zero-order chi connectivity index (χ0) is 16.0. The summed E-state index contributed by atoms with van der Waals surface area (Å²) in [6.45, 7) is 1.92. The van der Waals surface area contributed by atoms with E-state index in [2.05, 4.69) is 15.2 Å². The summed E-state index contributed by atoms with van der Waals surface area (Å²) >= 11 is 6.18. The highest BCUT2D eigenvalue weighted by atomic mass is 35.5. The van der Waals surface area contributed by atoms with Crippen LogP contribution < -0.4 is 4.74 Å². The number of ether oxygens (including phenoxy) is 1. The standard InChI is InChI=1S/C17H13ClN4O/c1-10-16-21-20-13-8-7-11(18)9-14(13)22(16)17(19-10)12-5-3-4-6-15(12)23-2/h3-9H,1-2H3. The first kappa shape index (κ1) is 14.0. The molecule has 0 bridgehead atoms. The summed E-state index contributed by atoms with van der Waals surface area (Å²) in [6, 6.07) is 13.3. The van der Waals surface area contributed by atoms with E-state index in [1.165, 1.54) is 0 Å². The molecule has 4 rings (SSSR count). The molecule has 0 aliphatic rings. The monoisotopic (exact) mass is 324 g/mol. The predicted molar refractivity (Wildman–Crippen MR) is 90.0 cm³/mol. The summed E-state index contributed by atoms with van der Waals surface area (Å²) < 4.78 is 7.45. The van der Waals surface area contributed by atoms with E-state index in [0.29, 0.717) is 10.7 Å². The first-order valence-corrected chi connectivity index (χ1v) is 7.51. The summed E-state index contributed by atoms with van der Waals surface area (Å²) in [7, 11) is 1.65. The summed E-state index contributed by atoms with van der Waals surface area (Å²) in [5, 5.41) is 9.21. The van der Waals surface area contributed by atoms with Crippen molar-refractivity contribution in [3.63, 3.8) is 0 Å². The molecule has 0 fully saturated rings. The lowest BCUT2D eigenvalue weighted by Gasteiger charge is -2.09. The van der Waals surface area contributed by atoms with Gasteiger partial charge in [-0.1, -0.05) is 23.7 Å². The number of imidazole rings is 1. The lowest BCUT2D eigenvalue weighted by atomic mass is 10.2. The van der Waals surface area contributed by atoms with E-state index >= 15 is 0 Å². The highest BCUT2D eigenvalue weighted by Crippen LogP contribution is 2.32. The molecule has 23 heavy (non-hydrogen) atoms. The fraction of sp³-hybridized carbons (Fsp3) is 0.118. The van der Waals surface area contributed by atoms with Crippen LogP contribution >= 0.6 is 11.6 Å². The molecule has 0 N–H and O–H groups in total. The maximum absolute atomic E-state index is 6.18. The van der Waals surface area contributed by atoms with E-state index in [-0.39, 0.29) is 0 Å². The van der Waals surface area contributed by atoms with Crippen LogP contribution in [-0.2, 0) is 0 Å². The van der Waals surface area contributed by atoms with Gasteiger partial charge in [-0.2, -0.15) is 0 Å². The number of halogens is 1. The maximum Gasteiger partial charge on any atom is 0.183 e. The molecule has 2 aromatic carbocycles. The van der Waals surface area contributed by atoms with Gasteiger partial charge in [-0.3, -0.25) is 4.40 Å². The molecular weight excluding hydrogens is 312 g/mol. The van der Waals surface area contributed by atoms with Crippen molar-refractivity contribution in [2.45, 2.75) is 6.92 Å². The van der Waals surface area contributed by atoms with Crippen LogP contribution in [0.25, 0.3) is 28.1 Å². The van der Waals surface area contributed by atoms with Crippen molar-refractivity contribution in [1.82, 2.24) is 19.6 Å². The Morgan fingerprint density at radius 2 is 1.91 bits per heavy atom. The second-order valence-corrected chi connectivity index (χ2v) is 5.65. The Morgan fingerprint density at radius 3 is 2.74 bits per heavy atom. The lowest BCUT2D eigenvalue weighted by molar-refractivity contribution is 0.416. The number of rotatable bonds is 2. The number of hydrogen-bond acceptors (Lipinski definition) is 4. The minimum atomic E-state index is 0.643. The smallest absolute Gasteiger partial charge is 0.183 e. The molecule has 4 aromatic rings. The number of aryl methyl sites for hydroxylation is 1. The molecule has 0 spiro atoms. The molecule has 114 valence electrons. The van der Waals surface area contributed by atoms with Crippen LogP contribution in [0.15, 0.2) is 42.5 Å². The fourth-order valence-corrected chi connectivity index (χ4v) is 2.90. The van der Waals surface area contributed by atoms with Crippen LogP contribution in [0.3, 0.4) is 0 Å². The minimum absolute atomic E-state index is 0.643. The van der Waals surface area contributed by atoms with Crippen LogP contribution in [0.4, 0.5) is 0 Å². The van der Waals surface area contributed by atoms with E-state index in [1.807, 2.05) is 47.7 Å². The second kappa shape index (κ2) is 5.21. The topological polar surface area (TPSA) is 52.3 Å². The van der Waals surface area contributed by atoms with Crippen molar-refractivity contribution in [1.29, 1.82) is 0 Å². The van der Waals surface area contributed by atoms with E-state index in [1.54, 1.807) is 13.2 Å². The normalized spacial score (nSPS) is 11.3. The van der Waals surface area contributed by atoms with Gasteiger partial charge in [-0.05, 0) is 37.3 Å². The van der Waals surface area contributed by atoms with Crippen molar-refractivity contribution < 1.29 is 4.74 Å². The number of fused-ring (bicyclic) bond motifs is 3. The van der Waals surface area contributed by atoms with Crippen LogP contribution in [0, 0.1) is 6.92 Å². The number of methoxy groups -OCH3 is 1. The van der Waals surface area contributed by atoms with E-state index in [0.717, 1.165) is 33.9 Å². The molecule has 0 radical (unpaired) electrons. The number of benzene rings is 2. The first-order chi connectivity index (χ1) is 11.2. The second-order valence-electron chi connectivity index (χ2n) is 5.21. The van der Waals surface area contributed by atoms with Crippen LogP contribution in [0.2, 0.25) is 5.02 Å². The average Bonchev–Trinajstić information content (AvgIpc) is 2.92. The third kappa shape index (κ3) is 2.12. The Kier molecular flexibility index (Phi) is 3.16. The van der Waals surface area contributed by atoms with Crippen LogP contribution in [0.1, 0.15) is 5.69 Å². The zero-order valence-electron chi connectivity index (χ0n) is 12.6. The Hall–Kier alpha value is -2.66. The number of para-hydroxylation sites is 1. The van der Waals surface area contributed by atoms with Gasteiger partial charge in [0.1, 0.15) is 17.1 Å². The largest absolute Gasteiger partial charge is 0.496 e. The molecule has 0 aliphatic heterocycles. The van der Waals surface area contributed by atoms with Gasteiger partial charge in [0.05, 0.1) is 23.9 Å². The van der Waals surface area contributed by atoms with Crippen LogP contribution in [0.5, 0.6) is 5.75 Å². The van der Waals surface area contributed by atoms with E-state index in [4.69, 9.17) is 16.3 Å². The van der Waals surface area contributed by atoms with Crippen molar-refractivity contribution in [3.05, 3.63) is 53.2 Å². The third-order valence-corrected chi connectivity index (χ3v) is 4.03. The minimum Gasteiger partial charge on any atom is -0.496 e. The van der Waals surface area contributed by atoms with Gasteiger partial charge in [0.15, 0.2) is 5.65 Å². The highest BCUT2D eigenvalue weighted by Gasteiger charge is 2.17. The van der Waals surface area contributed by atoms with Crippen molar-refractivity contribution in [2.24, 2.45) is 0 Å². The van der Waals surface area contributed by atoms with Gasteiger partial charge in [0, 0.05) is 5.02 Å². The van der Waals surface area contributed by atoms with Gasteiger partial charge >= 0.3 is 0 Å². The molecule has 0 aliphatic carbocycles. The number of nitrogens with zero attached hydrogens (tertiary/aromatic N) is 4.